The second-order valence-electron chi connectivity index (χ2n) is 6.33. The predicted molar refractivity (Wildman–Crippen MR) is 117 cm³/mol. The third kappa shape index (κ3) is 5.22. The summed E-state index contributed by atoms with van der Waals surface area (Å²) in [5.41, 5.74) is 3.94. The Morgan fingerprint density at radius 3 is 2.34 bits per heavy atom. The number of rotatable bonds is 7. The van der Waals surface area contributed by atoms with Crippen LogP contribution in [0.1, 0.15) is 35.5 Å². The van der Waals surface area contributed by atoms with Crippen molar-refractivity contribution in [1.29, 1.82) is 0 Å². The molecule has 0 radical (unpaired) electrons. The first-order valence-electron chi connectivity index (χ1n) is 9.31. The third-order valence-corrected chi connectivity index (χ3v) is 5.55. The summed E-state index contributed by atoms with van der Waals surface area (Å²) in [4.78, 5) is 28.9. The van der Waals surface area contributed by atoms with Crippen LogP contribution in [0.5, 0.6) is 0 Å². The van der Waals surface area contributed by atoms with Crippen molar-refractivity contribution in [2.24, 2.45) is 0 Å². The average molecular weight is 429 g/mol. The first-order valence-corrected chi connectivity index (χ1v) is 10.6. The van der Waals surface area contributed by atoms with Crippen molar-refractivity contribution in [2.75, 3.05) is 11.9 Å². The van der Waals surface area contributed by atoms with Gasteiger partial charge < -0.3 is 10.1 Å². The number of esters is 1. The summed E-state index contributed by atoms with van der Waals surface area (Å²) in [7, 11) is 0. The smallest absolute Gasteiger partial charge is 0.358 e. The molecule has 1 amide bonds. The molecule has 3 aromatic rings. The number of para-hydroxylation sites is 1. The van der Waals surface area contributed by atoms with Gasteiger partial charge in [-0.05, 0) is 36.1 Å². The molecule has 5 nitrogen and oxygen atoms in total. The normalized spacial score (nSPS) is 10.6. The summed E-state index contributed by atoms with van der Waals surface area (Å²) in [6.07, 6.45) is 1.60. The Bertz CT molecular complexity index is 993. The van der Waals surface area contributed by atoms with Crippen LogP contribution in [0, 0.1) is 0 Å². The second-order valence-corrected chi connectivity index (χ2v) is 7.62. The predicted octanol–water partition coefficient (Wildman–Crippen LogP) is 5.38. The number of amides is 1. The fourth-order valence-corrected chi connectivity index (χ4v) is 3.80. The zero-order chi connectivity index (χ0) is 20.8. The van der Waals surface area contributed by atoms with Gasteiger partial charge in [0.15, 0.2) is 12.3 Å². The van der Waals surface area contributed by atoms with E-state index in [1.54, 1.807) is 17.5 Å². The molecule has 1 heterocycles. The molecule has 0 unspecified atom stereocenters. The van der Waals surface area contributed by atoms with E-state index in [9.17, 15) is 9.59 Å². The number of hydrogen-bond acceptors (Lipinski definition) is 5. The topological polar surface area (TPSA) is 68.3 Å². The standard InChI is InChI=1S/C22H21ClN2O3S/c1-3-14-6-5-7-15(4-2)20(14)25-19(26)12-28-22(27)18-13-29-21(24-18)16-8-10-17(23)11-9-16/h5-11,13H,3-4,12H2,1-2H3,(H,25,26). The van der Waals surface area contributed by atoms with Crippen molar-refractivity contribution in [1.82, 2.24) is 4.98 Å². The number of ether oxygens (including phenoxy) is 1. The molecule has 0 aliphatic heterocycles. The number of benzene rings is 2. The molecule has 0 spiro atoms. The number of nitrogens with one attached hydrogen (secondary N) is 1. The summed E-state index contributed by atoms with van der Waals surface area (Å²) in [5, 5.41) is 5.81. The minimum absolute atomic E-state index is 0.177. The van der Waals surface area contributed by atoms with Gasteiger partial charge in [-0.15, -0.1) is 11.3 Å². The molecule has 0 atom stereocenters. The number of anilines is 1. The van der Waals surface area contributed by atoms with E-state index in [2.05, 4.69) is 10.3 Å². The highest BCUT2D eigenvalue weighted by molar-refractivity contribution is 7.13. The molecule has 3 rings (SSSR count). The lowest BCUT2D eigenvalue weighted by molar-refractivity contribution is -0.119. The number of aromatic nitrogens is 1. The molecule has 0 saturated carbocycles. The molecule has 1 N–H and O–H groups in total. The number of carbonyl (C=O) groups excluding carboxylic acids is 2. The van der Waals surface area contributed by atoms with Crippen LogP contribution in [-0.2, 0) is 22.4 Å². The van der Waals surface area contributed by atoms with Crippen LogP contribution >= 0.6 is 22.9 Å². The largest absolute Gasteiger partial charge is 0.451 e. The number of thiazole rings is 1. The molecule has 0 aliphatic carbocycles. The van der Waals surface area contributed by atoms with Crippen molar-refractivity contribution in [3.8, 4) is 10.6 Å². The Balaban J connectivity index is 1.61. The first kappa shape index (κ1) is 21.0. The lowest BCUT2D eigenvalue weighted by atomic mass is 10.0. The SMILES string of the molecule is CCc1cccc(CC)c1NC(=O)COC(=O)c1csc(-c2ccc(Cl)cc2)n1. The quantitative estimate of drug-likeness (QED) is 0.512. The maximum atomic E-state index is 12.3. The van der Waals surface area contributed by atoms with Gasteiger partial charge in [-0.3, -0.25) is 4.79 Å². The van der Waals surface area contributed by atoms with Crippen LogP contribution in [0.3, 0.4) is 0 Å². The van der Waals surface area contributed by atoms with E-state index in [4.69, 9.17) is 16.3 Å². The van der Waals surface area contributed by atoms with Crippen molar-refractivity contribution in [3.63, 3.8) is 0 Å². The van der Waals surface area contributed by atoms with Crippen LogP contribution in [0.15, 0.2) is 47.8 Å². The molecule has 7 heteroatoms. The number of nitrogens with zero attached hydrogens (tertiary/aromatic N) is 1. The Morgan fingerprint density at radius 2 is 1.72 bits per heavy atom. The monoisotopic (exact) mass is 428 g/mol. The van der Waals surface area contributed by atoms with Crippen LogP contribution in [-0.4, -0.2) is 23.5 Å². The molecular formula is C22H21ClN2O3S. The highest BCUT2D eigenvalue weighted by Crippen LogP contribution is 2.25. The Labute approximate surface area is 178 Å². The van der Waals surface area contributed by atoms with Gasteiger partial charge in [0.25, 0.3) is 5.91 Å². The number of aryl methyl sites for hydroxylation is 2. The van der Waals surface area contributed by atoms with Crippen molar-refractivity contribution in [2.45, 2.75) is 26.7 Å². The molecule has 2 aromatic carbocycles. The van der Waals surface area contributed by atoms with Crippen molar-refractivity contribution in [3.05, 3.63) is 69.7 Å². The van der Waals surface area contributed by atoms with Crippen LogP contribution < -0.4 is 5.32 Å². The third-order valence-electron chi connectivity index (χ3n) is 4.40. The van der Waals surface area contributed by atoms with Gasteiger partial charge in [-0.2, -0.15) is 0 Å². The summed E-state index contributed by atoms with van der Waals surface area (Å²) in [5.74, 6) is -1.00. The fourth-order valence-electron chi connectivity index (χ4n) is 2.88. The molecular weight excluding hydrogens is 408 g/mol. The van der Waals surface area contributed by atoms with E-state index >= 15 is 0 Å². The van der Waals surface area contributed by atoms with Gasteiger partial charge in [-0.1, -0.05) is 55.8 Å². The maximum Gasteiger partial charge on any atom is 0.358 e. The van der Waals surface area contributed by atoms with Crippen molar-refractivity contribution >= 4 is 40.5 Å². The Hall–Kier alpha value is -2.70. The maximum absolute atomic E-state index is 12.3. The highest BCUT2D eigenvalue weighted by atomic mass is 35.5. The highest BCUT2D eigenvalue weighted by Gasteiger charge is 2.16. The van der Waals surface area contributed by atoms with E-state index in [0.29, 0.717) is 10.0 Å². The van der Waals surface area contributed by atoms with E-state index in [1.807, 2.05) is 44.2 Å². The van der Waals surface area contributed by atoms with E-state index in [0.717, 1.165) is 35.2 Å². The Kier molecular flexibility index (Phi) is 7.01. The summed E-state index contributed by atoms with van der Waals surface area (Å²) in [6.45, 7) is 3.70. The summed E-state index contributed by atoms with van der Waals surface area (Å²) >= 11 is 7.22. The lowest BCUT2D eigenvalue weighted by Crippen LogP contribution is -2.22. The Morgan fingerprint density at radius 1 is 1.07 bits per heavy atom. The van der Waals surface area contributed by atoms with Gasteiger partial charge in [0.05, 0.1) is 0 Å². The molecule has 150 valence electrons. The van der Waals surface area contributed by atoms with Gasteiger partial charge in [-0.25, -0.2) is 9.78 Å². The minimum Gasteiger partial charge on any atom is -0.451 e. The lowest BCUT2D eigenvalue weighted by Gasteiger charge is -2.14. The zero-order valence-electron chi connectivity index (χ0n) is 16.2. The molecule has 0 aliphatic rings. The first-order chi connectivity index (χ1) is 14.0. The number of hydrogen-bond donors (Lipinski definition) is 1. The van der Waals surface area contributed by atoms with E-state index < -0.39 is 5.97 Å². The van der Waals surface area contributed by atoms with Crippen LogP contribution in [0.4, 0.5) is 5.69 Å². The average Bonchev–Trinajstić information content (AvgIpc) is 3.23. The van der Waals surface area contributed by atoms with Gasteiger partial charge in [0, 0.05) is 21.7 Å². The summed E-state index contributed by atoms with van der Waals surface area (Å²) < 4.78 is 5.15. The van der Waals surface area contributed by atoms with Gasteiger partial charge in [0.1, 0.15) is 5.01 Å². The molecule has 0 bridgehead atoms. The van der Waals surface area contributed by atoms with Gasteiger partial charge >= 0.3 is 5.97 Å². The molecule has 0 fully saturated rings. The molecule has 0 saturated heterocycles. The minimum atomic E-state index is -0.629. The van der Waals surface area contributed by atoms with Gasteiger partial charge in [0.2, 0.25) is 0 Å². The van der Waals surface area contributed by atoms with Crippen LogP contribution in [0.2, 0.25) is 5.02 Å². The molecule has 29 heavy (non-hydrogen) atoms. The molecule has 1 aromatic heterocycles. The second kappa shape index (κ2) is 9.67. The number of halogens is 1. The van der Waals surface area contributed by atoms with Crippen molar-refractivity contribution < 1.29 is 14.3 Å². The fraction of sp³-hybridized carbons (Fsp3) is 0.227. The van der Waals surface area contributed by atoms with E-state index in [-0.39, 0.29) is 18.2 Å². The summed E-state index contributed by atoms with van der Waals surface area (Å²) in [6, 6.07) is 13.1. The van der Waals surface area contributed by atoms with Crippen LogP contribution in [0.25, 0.3) is 10.6 Å². The number of carbonyl (C=O) groups is 2. The zero-order valence-corrected chi connectivity index (χ0v) is 17.8. The van der Waals surface area contributed by atoms with E-state index in [1.165, 1.54) is 11.3 Å².